The second-order valence-corrected chi connectivity index (χ2v) is 9.25. The molecule has 3 rings (SSSR count). The van der Waals surface area contributed by atoms with E-state index < -0.39 is 43.8 Å². The van der Waals surface area contributed by atoms with Gasteiger partial charge in [0.15, 0.2) is 9.84 Å². The number of aromatic nitrogens is 1. The van der Waals surface area contributed by atoms with Crippen molar-refractivity contribution >= 4 is 21.4 Å². The van der Waals surface area contributed by atoms with Crippen LogP contribution in [0, 0.1) is 12.7 Å². The monoisotopic (exact) mass is 466 g/mol. The SMILES string of the molecule is Cc1ccc(F)cc1-c1ccncc1N(C)C(=O)c1cc(C(F)(F)F)cc(S(C)(=O)=O)c1. The van der Waals surface area contributed by atoms with Gasteiger partial charge in [-0.1, -0.05) is 6.07 Å². The van der Waals surface area contributed by atoms with Crippen LogP contribution in [0.25, 0.3) is 11.1 Å². The van der Waals surface area contributed by atoms with Crippen LogP contribution in [-0.2, 0) is 16.0 Å². The van der Waals surface area contributed by atoms with Gasteiger partial charge in [-0.3, -0.25) is 9.78 Å². The van der Waals surface area contributed by atoms with E-state index in [1.807, 2.05) is 0 Å². The molecule has 0 spiro atoms. The summed E-state index contributed by atoms with van der Waals surface area (Å²) < 4.78 is 77.6. The molecule has 0 saturated heterocycles. The van der Waals surface area contributed by atoms with Gasteiger partial charge in [-0.2, -0.15) is 13.2 Å². The molecule has 0 saturated carbocycles. The number of amides is 1. The van der Waals surface area contributed by atoms with Crippen molar-refractivity contribution in [1.29, 1.82) is 0 Å². The predicted molar refractivity (Wildman–Crippen MR) is 112 cm³/mol. The lowest BCUT2D eigenvalue weighted by molar-refractivity contribution is -0.137. The molecular formula is C22H18F4N2O3S. The van der Waals surface area contributed by atoms with E-state index >= 15 is 0 Å². The Bertz CT molecular complexity index is 1300. The molecule has 2 aromatic carbocycles. The lowest BCUT2D eigenvalue weighted by atomic mass is 9.99. The first-order valence-corrected chi connectivity index (χ1v) is 11.1. The maximum absolute atomic E-state index is 13.8. The lowest BCUT2D eigenvalue weighted by Gasteiger charge is -2.22. The number of rotatable bonds is 4. The number of carbonyl (C=O) groups excluding carboxylic acids is 1. The molecule has 0 aliphatic carbocycles. The third kappa shape index (κ3) is 4.80. The van der Waals surface area contributed by atoms with E-state index in [2.05, 4.69) is 4.98 Å². The van der Waals surface area contributed by atoms with Gasteiger partial charge in [-0.15, -0.1) is 0 Å². The van der Waals surface area contributed by atoms with Gasteiger partial charge in [0.2, 0.25) is 0 Å². The quantitative estimate of drug-likeness (QED) is 0.514. The number of alkyl halides is 3. The van der Waals surface area contributed by atoms with E-state index in [0.717, 1.165) is 17.2 Å². The smallest absolute Gasteiger partial charge is 0.309 e. The Morgan fingerprint density at radius 1 is 1.03 bits per heavy atom. The third-order valence-electron chi connectivity index (χ3n) is 4.86. The number of nitrogens with zero attached hydrogens (tertiary/aromatic N) is 2. The molecule has 32 heavy (non-hydrogen) atoms. The summed E-state index contributed by atoms with van der Waals surface area (Å²) >= 11 is 0. The van der Waals surface area contributed by atoms with Gasteiger partial charge in [0.05, 0.1) is 22.3 Å². The molecule has 3 aromatic rings. The zero-order valence-electron chi connectivity index (χ0n) is 17.2. The van der Waals surface area contributed by atoms with Crippen LogP contribution in [0.2, 0.25) is 0 Å². The van der Waals surface area contributed by atoms with Gasteiger partial charge in [-0.25, -0.2) is 12.8 Å². The van der Waals surface area contributed by atoms with Gasteiger partial charge in [-0.05, 0) is 54.4 Å². The van der Waals surface area contributed by atoms with Gasteiger partial charge in [0.25, 0.3) is 5.91 Å². The van der Waals surface area contributed by atoms with Crippen LogP contribution in [0.1, 0.15) is 21.5 Å². The number of benzene rings is 2. The van der Waals surface area contributed by atoms with Crippen molar-refractivity contribution in [2.45, 2.75) is 18.0 Å². The zero-order valence-corrected chi connectivity index (χ0v) is 18.1. The minimum Gasteiger partial charge on any atom is -0.309 e. The number of pyridine rings is 1. The van der Waals surface area contributed by atoms with E-state index in [1.165, 1.54) is 31.6 Å². The van der Waals surface area contributed by atoms with Crippen molar-refractivity contribution in [2.75, 3.05) is 18.2 Å². The standard InChI is InChI=1S/C22H18F4N2O3S/c1-13-4-5-16(23)11-19(13)18-6-7-27-12-20(18)28(2)21(29)14-8-15(22(24,25)26)10-17(9-14)32(3,30)31/h4-12H,1-3H3. The van der Waals surface area contributed by atoms with Crippen molar-refractivity contribution in [2.24, 2.45) is 0 Å². The number of hydrogen-bond donors (Lipinski definition) is 0. The first-order valence-electron chi connectivity index (χ1n) is 9.20. The summed E-state index contributed by atoms with van der Waals surface area (Å²) in [5, 5.41) is 0. The molecule has 0 fully saturated rings. The molecule has 5 nitrogen and oxygen atoms in total. The van der Waals surface area contributed by atoms with Crippen molar-refractivity contribution in [3.8, 4) is 11.1 Å². The summed E-state index contributed by atoms with van der Waals surface area (Å²) in [6, 6.07) is 7.64. The van der Waals surface area contributed by atoms with Crippen LogP contribution < -0.4 is 4.90 Å². The van der Waals surface area contributed by atoms with Crippen molar-refractivity contribution in [1.82, 2.24) is 4.98 Å². The van der Waals surface area contributed by atoms with Gasteiger partial charge >= 0.3 is 6.18 Å². The highest BCUT2D eigenvalue weighted by atomic mass is 32.2. The van der Waals surface area contributed by atoms with Gasteiger partial charge in [0.1, 0.15) is 5.82 Å². The van der Waals surface area contributed by atoms with Crippen LogP contribution >= 0.6 is 0 Å². The molecule has 0 atom stereocenters. The molecule has 0 N–H and O–H groups in total. The van der Waals surface area contributed by atoms with Gasteiger partial charge < -0.3 is 4.90 Å². The van der Waals surface area contributed by atoms with E-state index in [9.17, 15) is 30.8 Å². The highest BCUT2D eigenvalue weighted by Crippen LogP contribution is 2.35. The first kappa shape index (κ1) is 23.4. The summed E-state index contributed by atoms with van der Waals surface area (Å²) in [5.74, 6) is -1.39. The Kier molecular flexibility index (Phi) is 6.10. The fraction of sp³-hybridized carbons (Fsp3) is 0.182. The maximum Gasteiger partial charge on any atom is 0.416 e. The number of carbonyl (C=O) groups is 1. The van der Waals surface area contributed by atoms with Crippen LogP contribution in [0.5, 0.6) is 0 Å². The largest absolute Gasteiger partial charge is 0.416 e. The molecular weight excluding hydrogens is 448 g/mol. The molecule has 0 aliphatic heterocycles. The molecule has 1 aromatic heterocycles. The van der Waals surface area contributed by atoms with Crippen molar-refractivity contribution in [3.05, 3.63) is 77.4 Å². The zero-order chi connectivity index (χ0) is 23.8. The lowest BCUT2D eigenvalue weighted by Crippen LogP contribution is -2.27. The van der Waals surface area contributed by atoms with Gasteiger partial charge in [0, 0.05) is 30.6 Å². The summed E-state index contributed by atoms with van der Waals surface area (Å²) in [7, 11) is -2.70. The Labute approximate surface area is 182 Å². The molecule has 168 valence electrons. The molecule has 1 amide bonds. The summed E-state index contributed by atoms with van der Waals surface area (Å²) in [4.78, 5) is 17.5. The Morgan fingerprint density at radius 2 is 1.72 bits per heavy atom. The summed E-state index contributed by atoms with van der Waals surface area (Å²) in [6.07, 6.45) is -1.34. The molecule has 10 heteroatoms. The Morgan fingerprint density at radius 3 is 2.34 bits per heavy atom. The fourth-order valence-corrected chi connectivity index (χ4v) is 3.85. The number of halogens is 4. The minimum atomic E-state index is -4.85. The van der Waals surface area contributed by atoms with E-state index in [1.54, 1.807) is 19.1 Å². The van der Waals surface area contributed by atoms with Crippen molar-refractivity contribution < 1.29 is 30.8 Å². The normalized spacial score (nSPS) is 12.0. The molecule has 0 bridgehead atoms. The average molecular weight is 466 g/mol. The molecule has 0 unspecified atom stereocenters. The number of sulfone groups is 1. The number of anilines is 1. The van der Waals surface area contributed by atoms with Crippen LogP contribution in [0.4, 0.5) is 23.2 Å². The number of hydrogen-bond acceptors (Lipinski definition) is 4. The Balaban J connectivity index is 2.14. The average Bonchev–Trinajstić information content (AvgIpc) is 2.73. The maximum atomic E-state index is 13.8. The molecule has 0 aliphatic rings. The second-order valence-electron chi connectivity index (χ2n) is 7.23. The highest BCUT2D eigenvalue weighted by molar-refractivity contribution is 7.90. The second kappa shape index (κ2) is 8.34. The third-order valence-corrected chi connectivity index (χ3v) is 5.96. The summed E-state index contributed by atoms with van der Waals surface area (Å²) in [6.45, 7) is 1.74. The first-order chi connectivity index (χ1) is 14.8. The highest BCUT2D eigenvalue weighted by Gasteiger charge is 2.33. The predicted octanol–water partition coefficient (Wildman–Crippen LogP) is 4.90. The Hall–Kier alpha value is -3.27. The van der Waals surface area contributed by atoms with Crippen molar-refractivity contribution in [3.63, 3.8) is 0 Å². The van der Waals surface area contributed by atoms with E-state index in [0.29, 0.717) is 28.8 Å². The topological polar surface area (TPSA) is 67.3 Å². The van der Waals surface area contributed by atoms with Crippen LogP contribution in [0.3, 0.4) is 0 Å². The fourth-order valence-electron chi connectivity index (χ4n) is 3.17. The summed E-state index contributed by atoms with van der Waals surface area (Å²) in [5.41, 5.74) is 0.104. The number of aryl methyl sites for hydroxylation is 1. The minimum absolute atomic E-state index is 0.213. The van der Waals surface area contributed by atoms with E-state index in [-0.39, 0.29) is 5.69 Å². The van der Waals surface area contributed by atoms with E-state index in [4.69, 9.17) is 0 Å². The van der Waals surface area contributed by atoms with Crippen LogP contribution in [0.15, 0.2) is 59.8 Å². The molecule has 0 radical (unpaired) electrons. The molecule has 1 heterocycles. The van der Waals surface area contributed by atoms with Crippen LogP contribution in [-0.4, -0.2) is 32.6 Å².